The van der Waals surface area contributed by atoms with Gasteiger partial charge in [-0.2, -0.15) is 0 Å². The number of carbonyl (C=O) groups excluding carboxylic acids is 2. The minimum atomic E-state index is -1.22. The van der Waals surface area contributed by atoms with Crippen LogP contribution >= 0.6 is 0 Å². The zero-order valence-corrected chi connectivity index (χ0v) is 17.3. The number of para-hydroxylation sites is 1. The van der Waals surface area contributed by atoms with Crippen LogP contribution in [0.1, 0.15) is 17.3 Å². The van der Waals surface area contributed by atoms with Gasteiger partial charge in [-0.05, 0) is 43.3 Å². The lowest BCUT2D eigenvalue weighted by Crippen LogP contribution is -2.30. The third-order valence-electron chi connectivity index (χ3n) is 4.66. The van der Waals surface area contributed by atoms with Gasteiger partial charge in [-0.15, -0.1) is 0 Å². The molecule has 10 heteroatoms. The summed E-state index contributed by atoms with van der Waals surface area (Å²) in [7, 11) is 0. The topological polar surface area (TPSA) is 126 Å². The third kappa shape index (κ3) is 5.01. The number of hydrogen-bond acceptors (Lipinski definition) is 8. The van der Waals surface area contributed by atoms with E-state index in [1.807, 2.05) is 30.3 Å². The Kier molecular flexibility index (Phi) is 6.07. The molecule has 1 amide bonds. The molecule has 0 bridgehead atoms. The molecule has 3 aromatic rings. The maximum absolute atomic E-state index is 12.5. The number of nitro benzene ring substituents is 1. The minimum absolute atomic E-state index is 0.112. The van der Waals surface area contributed by atoms with Crippen LogP contribution in [0.25, 0.3) is 0 Å². The van der Waals surface area contributed by atoms with Gasteiger partial charge in [-0.25, -0.2) is 4.79 Å². The van der Waals surface area contributed by atoms with Crippen molar-refractivity contribution in [3.63, 3.8) is 0 Å². The van der Waals surface area contributed by atoms with Crippen molar-refractivity contribution in [1.29, 1.82) is 0 Å². The van der Waals surface area contributed by atoms with Crippen molar-refractivity contribution in [2.75, 3.05) is 12.1 Å². The van der Waals surface area contributed by atoms with Crippen LogP contribution in [0.4, 0.5) is 11.4 Å². The Morgan fingerprint density at radius 1 is 1.00 bits per heavy atom. The molecule has 0 aromatic heterocycles. The molecular formula is C23H18N2O8. The molecule has 1 atom stereocenters. The average molecular weight is 450 g/mol. The number of fused-ring (bicyclic) bond motifs is 1. The Labute approximate surface area is 187 Å². The van der Waals surface area contributed by atoms with Crippen molar-refractivity contribution in [3.8, 4) is 23.0 Å². The second-order valence-electron chi connectivity index (χ2n) is 6.96. The molecule has 0 fully saturated rings. The predicted octanol–water partition coefficient (Wildman–Crippen LogP) is 4.30. The number of hydrogen-bond donors (Lipinski definition) is 1. The van der Waals surface area contributed by atoms with Crippen molar-refractivity contribution in [2.24, 2.45) is 0 Å². The summed E-state index contributed by atoms with van der Waals surface area (Å²) in [5, 5.41) is 14.0. The zero-order chi connectivity index (χ0) is 23.4. The van der Waals surface area contributed by atoms with Crippen molar-refractivity contribution < 1.29 is 33.5 Å². The summed E-state index contributed by atoms with van der Waals surface area (Å²) >= 11 is 0. The standard InChI is InChI=1S/C23H18N2O8/c1-14(32-23(27)18-11-20-21(31-13-30-20)12-19(18)25(28)29)22(26)24-15-7-9-17(10-8-15)33-16-5-3-2-4-6-16/h2-12,14H,13H2,1H3,(H,24,26). The van der Waals surface area contributed by atoms with Crippen molar-refractivity contribution >= 4 is 23.3 Å². The van der Waals surface area contributed by atoms with Crippen molar-refractivity contribution in [1.82, 2.24) is 0 Å². The number of nitrogens with one attached hydrogen (secondary N) is 1. The molecule has 1 N–H and O–H groups in total. The molecule has 10 nitrogen and oxygen atoms in total. The Morgan fingerprint density at radius 2 is 1.64 bits per heavy atom. The number of anilines is 1. The first kappa shape index (κ1) is 21.6. The molecule has 33 heavy (non-hydrogen) atoms. The van der Waals surface area contributed by atoms with Crippen LogP contribution in [0, 0.1) is 10.1 Å². The molecule has 0 radical (unpaired) electrons. The van der Waals surface area contributed by atoms with E-state index in [4.69, 9.17) is 18.9 Å². The molecule has 3 aromatic carbocycles. The van der Waals surface area contributed by atoms with Gasteiger partial charge in [0.1, 0.15) is 17.1 Å². The largest absolute Gasteiger partial charge is 0.457 e. The second kappa shape index (κ2) is 9.27. The van der Waals surface area contributed by atoms with Crippen LogP contribution < -0.4 is 19.5 Å². The highest BCUT2D eigenvalue weighted by Crippen LogP contribution is 2.38. The number of rotatable bonds is 7. The molecule has 1 unspecified atom stereocenters. The van der Waals surface area contributed by atoms with Gasteiger partial charge in [0.15, 0.2) is 17.6 Å². The van der Waals surface area contributed by atoms with Gasteiger partial charge in [0.05, 0.1) is 11.0 Å². The summed E-state index contributed by atoms with van der Waals surface area (Å²) in [6.07, 6.45) is -1.22. The van der Waals surface area contributed by atoms with Gasteiger partial charge in [0.25, 0.3) is 11.6 Å². The van der Waals surface area contributed by atoms with Gasteiger partial charge in [0.2, 0.25) is 6.79 Å². The number of carbonyl (C=O) groups is 2. The first-order chi connectivity index (χ1) is 15.9. The second-order valence-corrected chi connectivity index (χ2v) is 6.96. The van der Waals surface area contributed by atoms with E-state index >= 15 is 0 Å². The fourth-order valence-corrected chi connectivity index (χ4v) is 3.00. The molecule has 168 valence electrons. The number of esters is 1. The average Bonchev–Trinajstić information content (AvgIpc) is 3.27. The molecule has 0 saturated heterocycles. The number of amides is 1. The van der Waals surface area contributed by atoms with Crippen LogP contribution in [-0.4, -0.2) is 29.7 Å². The maximum Gasteiger partial charge on any atom is 0.346 e. The van der Waals surface area contributed by atoms with Gasteiger partial charge < -0.3 is 24.3 Å². The Morgan fingerprint density at radius 3 is 2.30 bits per heavy atom. The molecular weight excluding hydrogens is 432 g/mol. The Bertz CT molecular complexity index is 1200. The lowest BCUT2D eigenvalue weighted by atomic mass is 10.1. The van der Waals surface area contributed by atoms with E-state index in [0.717, 1.165) is 6.07 Å². The van der Waals surface area contributed by atoms with E-state index in [1.54, 1.807) is 24.3 Å². The molecule has 0 saturated carbocycles. The van der Waals surface area contributed by atoms with Crippen molar-refractivity contribution in [3.05, 3.63) is 82.4 Å². The van der Waals surface area contributed by atoms with Gasteiger partial charge in [-0.1, -0.05) is 18.2 Å². The molecule has 1 aliphatic rings. The fraction of sp³-hybridized carbons (Fsp3) is 0.130. The minimum Gasteiger partial charge on any atom is -0.457 e. The summed E-state index contributed by atoms with van der Waals surface area (Å²) < 4.78 is 21.1. The van der Waals surface area contributed by atoms with Crippen LogP contribution in [0.3, 0.4) is 0 Å². The van der Waals surface area contributed by atoms with E-state index < -0.39 is 28.6 Å². The first-order valence-corrected chi connectivity index (χ1v) is 9.83. The fourth-order valence-electron chi connectivity index (χ4n) is 3.00. The van der Waals surface area contributed by atoms with E-state index in [9.17, 15) is 19.7 Å². The molecule has 1 heterocycles. The summed E-state index contributed by atoms with van der Waals surface area (Å²) in [5.41, 5.74) is -0.394. The van der Waals surface area contributed by atoms with Gasteiger partial charge in [0, 0.05) is 11.8 Å². The summed E-state index contributed by atoms with van der Waals surface area (Å²) in [6, 6.07) is 18.1. The molecule has 1 aliphatic heterocycles. The molecule has 0 aliphatic carbocycles. The lowest BCUT2D eigenvalue weighted by molar-refractivity contribution is -0.385. The van der Waals surface area contributed by atoms with Crippen LogP contribution in [-0.2, 0) is 9.53 Å². The van der Waals surface area contributed by atoms with Gasteiger partial charge in [-0.3, -0.25) is 14.9 Å². The molecule has 4 rings (SSSR count). The smallest absolute Gasteiger partial charge is 0.346 e. The van der Waals surface area contributed by atoms with Crippen LogP contribution in [0.15, 0.2) is 66.7 Å². The highest BCUT2D eigenvalue weighted by Gasteiger charge is 2.30. The summed E-state index contributed by atoms with van der Waals surface area (Å²) in [6.45, 7) is 1.25. The monoisotopic (exact) mass is 450 g/mol. The predicted molar refractivity (Wildman–Crippen MR) is 116 cm³/mol. The van der Waals surface area contributed by atoms with Gasteiger partial charge >= 0.3 is 5.97 Å². The number of nitrogens with zero attached hydrogens (tertiary/aromatic N) is 1. The number of benzene rings is 3. The zero-order valence-electron chi connectivity index (χ0n) is 17.3. The number of ether oxygens (including phenoxy) is 4. The summed E-state index contributed by atoms with van der Waals surface area (Å²) in [5.74, 6) is -0.0508. The maximum atomic E-state index is 12.5. The normalized spacial score (nSPS) is 12.5. The SMILES string of the molecule is CC(OC(=O)c1cc2c(cc1[N+](=O)[O-])OCO2)C(=O)Nc1ccc(Oc2ccccc2)cc1. The summed E-state index contributed by atoms with van der Waals surface area (Å²) in [4.78, 5) is 35.6. The highest BCUT2D eigenvalue weighted by atomic mass is 16.7. The number of nitro groups is 1. The van der Waals surface area contributed by atoms with E-state index in [-0.39, 0.29) is 23.9 Å². The van der Waals surface area contributed by atoms with Crippen LogP contribution in [0.2, 0.25) is 0 Å². The molecule has 0 spiro atoms. The van der Waals surface area contributed by atoms with Crippen LogP contribution in [0.5, 0.6) is 23.0 Å². The Hall–Kier alpha value is -4.60. The first-order valence-electron chi connectivity index (χ1n) is 9.83. The quantitative estimate of drug-likeness (QED) is 0.321. The van der Waals surface area contributed by atoms with E-state index in [2.05, 4.69) is 5.32 Å². The van der Waals surface area contributed by atoms with E-state index in [1.165, 1.54) is 13.0 Å². The Balaban J connectivity index is 1.39. The lowest BCUT2D eigenvalue weighted by Gasteiger charge is -2.14. The van der Waals surface area contributed by atoms with Crippen molar-refractivity contribution in [2.45, 2.75) is 13.0 Å². The highest BCUT2D eigenvalue weighted by molar-refractivity contribution is 5.99. The van der Waals surface area contributed by atoms with E-state index in [0.29, 0.717) is 17.2 Å². The third-order valence-corrected chi connectivity index (χ3v) is 4.66.